The number of rotatable bonds is 10. The van der Waals surface area contributed by atoms with E-state index in [4.69, 9.17) is 18.9 Å². The Morgan fingerprint density at radius 2 is 2.03 bits per heavy atom. The number of nitrogens with one attached hydrogen (secondary N) is 1. The number of thioether (sulfide) groups is 1. The molecule has 2 amide bonds. The molecule has 2 aromatic rings. The molecular weight excluding hydrogens is 510 g/mol. The van der Waals surface area contributed by atoms with Gasteiger partial charge in [0.2, 0.25) is 5.91 Å². The summed E-state index contributed by atoms with van der Waals surface area (Å²) in [5, 5.41) is 3.52. The van der Waals surface area contributed by atoms with Crippen molar-refractivity contribution in [3.8, 4) is 11.5 Å². The summed E-state index contributed by atoms with van der Waals surface area (Å²) in [5.74, 6) is 1.10. The SMILES string of the molecule is C=CCSC[C@H](NC(=O)[C@@H]1C[C@@H](Oc2ccnc3cc(OC)ccc23)CN1C(=O)OC(C)(C)C)C(=O)OC. The minimum atomic E-state index is -0.903. The maximum atomic E-state index is 13.4. The zero-order chi connectivity index (χ0) is 27.9. The van der Waals surface area contributed by atoms with Crippen LogP contribution in [0.25, 0.3) is 10.9 Å². The van der Waals surface area contributed by atoms with Crippen molar-refractivity contribution in [2.45, 2.75) is 51.0 Å². The average Bonchev–Trinajstić information content (AvgIpc) is 3.30. The molecule has 1 saturated heterocycles. The van der Waals surface area contributed by atoms with E-state index in [2.05, 4.69) is 16.9 Å². The van der Waals surface area contributed by atoms with Crippen LogP contribution in [0.2, 0.25) is 0 Å². The van der Waals surface area contributed by atoms with Gasteiger partial charge >= 0.3 is 12.1 Å². The first kappa shape index (κ1) is 29.1. The van der Waals surface area contributed by atoms with Gasteiger partial charge in [-0.2, -0.15) is 11.8 Å². The topological polar surface area (TPSA) is 116 Å². The van der Waals surface area contributed by atoms with Gasteiger partial charge in [0.15, 0.2) is 0 Å². The van der Waals surface area contributed by atoms with Gasteiger partial charge in [0, 0.05) is 35.6 Å². The van der Waals surface area contributed by atoms with Crippen molar-refractivity contribution in [1.29, 1.82) is 0 Å². The number of amides is 2. The molecule has 1 aromatic heterocycles. The standard InChI is InChI=1S/C27H35N3O7S/c1-7-12-38-16-21(25(32)35-6)29-24(31)22-14-18(15-30(22)26(33)37-27(2,3)4)36-23-10-11-28-20-13-17(34-5)8-9-19(20)23/h7-11,13,18,21-22H,1,12,14-16H2,2-6H3,(H,29,31)/t18-,21+,22+/m1/s1. The highest BCUT2D eigenvalue weighted by molar-refractivity contribution is 7.99. The van der Waals surface area contributed by atoms with Crippen LogP contribution < -0.4 is 14.8 Å². The van der Waals surface area contributed by atoms with Gasteiger partial charge in [-0.15, -0.1) is 6.58 Å². The molecule has 206 valence electrons. The summed E-state index contributed by atoms with van der Waals surface area (Å²) in [4.78, 5) is 44.5. The van der Waals surface area contributed by atoms with Crippen molar-refractivity contribution in [2.75, 3.05) is 32.3 Å². The third-order valence-electron chi connectivity index (χ3n) is 5.72. The van der Waals surface area contributed by atoms with Gasteiger partial charge in [-0.05, 0) is 39.0 Å². The molecule has 3 rings (SSSR count). The molecule has 1 aliphatic heterocycles. The lowest BCUT2D eigenvalue weighted by Gasteiger charge is -2.28. The number of carbonyl (C=O) groups is 3. The fourth-order valence-corrected chi connectivity index (χ4v) is 4.77. The van der Waals surface area contributed by atoms with Crippen LogP contribution in [0, 0.1) is 0 Å². The summed E-state index contributed by atoms with van der Waals surface area (Å²) in [6.45, 7) is 9.06. The molecule has 1 N–H and O–H groups in total. The number of hydrogen-bond donors (Lipinski definition) is 1. The van der Waals surface area contributed by atoms with Crippen molar-refractivity contribution >= 4 is 40.6 Å². The average molecular weight is 546 g/mol. The Morgan fingerprint density at radius 3 is 2.68 bits per heavy atom. The summed E-state index contributed by atoms with van der Waals surface area (Å²) >= 11 is 1.43. The van der Waals surface area contributed by atoms with E-state index in [-0.39, 0.29) is 13.0 Å². The van der Waals surface area contributed by atoms with Crippen LogP contribution >= 0.6 is 11.8 Å². The second-order valence-electron chi connectivity index (χ2n) is 9.73. The number of esters is 1. The first-order chi connectivity index (χ1) is 18.1. The lowest BCUT2D eigenvalue weighted by atomic mass is 10.1. The van der Waals surface area contributed by atoms with E-state index in [1.807, 2.05) is 12.1 Å². The Morgan fingerprint density at radius 1 is 1.26 bits per heavy atom. The van der Waals surface area contributed by atoms with E-state index < -0.39 is 41.8 Å². The van der Waals surface area contributed by atoms with E-state index >= 15 is 0 Å². The summed E-state index contributed by atoms with van der Waals surface area (Å²) in [6, 6.07) is 5.42. The molecule has 0 aliphatic carbocycles. The zero-order valence-corrected chi connectivity index (χ0v) is 23.2. The summed E-state index contributed by atoms with van der Waals surface area (Å²) in [5.41, 5.74) is -0.0658. The molecule has 1 aromatic carbocycles. The molecule has 11 heteroatoms. The smallest absolute Gasteiger partial charge is 0.411 e. The van der Waals surface area contributed by atoms with Gasteiger partial charge in [-0.3, -0.25) is 14.7 Å². The van der Waals surface area contributed by atoms with E-state index in [1.165, 1.54) is 23.8 Å². The third-order valence-corrected chi connectivity index (χ3v) is 6.76. The van der Waals surface area contributed by atoms with Gasteiger partial charge < -0.3 is 24.3 Å². The van der Waals surface area contributed by atoms with Crippen molar-refractivity contribution in [2.24, 2.45) is 0 Å². The van der Waals surface area contributed by atoms with E-state index in [1.54, 1.807) is 52.3 Å². The van der Waals surface area contributed by atoms with E-state index in [9.17, 15) is 14.4 Å². The maximum absolute atomic E-state index is 13.4. The molecule has 0 spiro atoms. The number of likely N-dealkylation sites (tertiary alicyclic amines) is 1. The lowest BCUT2D eigenvalue weighted by molar-refractivity contribution is -0.144. The van der Waals surface area contributed by atoms with Crippen molar-refractivity contribution in [1.82, 2.24) is 15.2 Å². The fourth-order valence-electron chi connectivity index (χ4n) is 4.01. The zero-order valence-electron chi connectivity index (χ0n) is 22.4. The van der Waals surface area contributed by atoms with Crippen molar-refractivity contribution in [3.63, 3.8) is 0 Å². The molecule has 38 heavy (non-hydrogen) atoms. The highest BCUT2D eigenvalue weighted by atomic mass is 32.2. The predicted octanol–water partition coefficient (Wildman–Crippen LogP) is 3.58. The highest BCUT2D eigenvalue weighted by Gasteiger charge is 2.43. The number of aromatic nitrogens is 1. The van der Waals surface area contributed by atoms with E-state index in [0.29, 0.717) is 28.5 Å². The summed E-state index contributed by atoms with van der Waals surface area (Å²) < 4.78 is 22.0. The monoisotopic (exact) mass is 545 g/mol. The number of pyridine rings is 1. The quantitative estimate of drug-likeness (QED) is 0.272. The molecule has 3 atom stereocenters. The van der Waals surface area contributed by atoms with Crippen LogP contribution in [0.15, 0.2) is 43.1 Å². The molecule has 0 unspecified atom stereocenters. The Balaban J connectivity index is 1.83. The maximum Gasteiger partial charge on any atom is 0.411 e. The second-order valence-corrected chi connectivity index (χ2v) is 10.8. The number of fused-ring (bicyclic) bond motifs is 1. The lowest BCUT2D eigenvalue weighted by Crippen LogP contribution is -2.52. The number of methoxy groups -OCH3 is 2. The first-order valence-electron chi connectivity index (χ1n) is 12.2. The molecule has 0 bridgehead atoms. The molecule has 0 radical (unpaired) electrons. The van der Waals surface area contributed by atoms with Gasteiger partial charge in [0.25, 0.3) is 0 Å². The number of hydrogen-bond acceptors (Lipinski definition) is 9. The van der Waals surface area contributed by atoms with E-state index in [0.717, 1.165) is 5.39 Å². The second kappa shape index (κ2) is 12.9. The molecule has 0 saturated carbocycles. The first-order valence-corrected chi connectivity index (χ1v) is 13.4. The van der Waals surface area contributed by atoms with Crippen LogP contribution in [0.5, 0.6) is 11.5 Å². The Bertz CT molecular complexity index is 1170. The molecular formula is C27H35N3O7S. The molecule has 1 aliphatic rings. The predicted molar refractivity (Wildman–Crippen MR) is 146 cm³/mol. The van der Waals surface area contributed by atoms with Crippen LogP contribution in [0.3, 0.4) is 0 Å². The minimum absolute atomic E-state index is 0.126. The third kappa shape index (κ3) is 7.53. The van der Waals surface area contributed by atoms with Gasteiger partial charge in [-0.25, -0.2) is 9.59 Å². The molecule has 10 nitrogen and oxygen atoms in total. The number of ether oxygens (including phenoxy) is 4. The Hall–Kier alpha value is -3.47. The van der Waals surface area contributed by atoms with Crippen LogP contribution in [0.1, 0.15) is 27.2 Å². The summed E-state index contributed by atoms with van der Waals surface area (Å²) in [7, 11) is 2.85. The molecule has 2 heterocycles. The highest BCUT2D eigenvalue weighted by Crippen LogP contribution is 2.31. The van der Waals surface area contributed by atoms with Gasteiger partial charge in [-0.1, -0.05) is 6.08 Å². The van der Waals surface area contributed by atoms with Crippen molar-refractivity contribution < 1.29 is 33.3 Å². The van der Waals surface area contributed by atoms with Crippen molar-refractivity contribution in [3.05, 3.63) is 43.1 Å². The van der Waals surface area contributed by atoms with Crippen LogP contribution in [-0.4, -0.2) is 83.9 Å². The Kier molecular flexibility index (Phi) is 9.84. The van der Waals surface area contributed by atoms with Gasteiger partial charge in [0.05, 0.1) is 26.3 Å². The summed E-state index contributed by atoms with van der Waals surface area (Å²) in [6.07, 6.45) is 2.41. The number of carbonyl (C=O) groups excluding carboxylic acids is 3. The van der Waals surface area contributed by atoms with Crippen LogP contribution in [-0.2, 0) is 19.1 Å². The van der Waals surface area contributed by atoms with Crippen LogP contribution in [0.4, 0.5) is 4.79 Å². The minimum Gasteiger partial charge on any atom is -0.497 e. The van der Waals surface area contributed by atoms with Gasteiger partial charge in [0.1, 0.15) is 35.3 Å². The Labute approximate surface area is 227 Å². The fraction of sp³-hybridized carbons (Fsp3) is 0.481. The normalized spacial score (nSPS) is 18.0. The number of benzene rings is 1. The molecule has 1 fully saturated rings. The number of nitrogens with zero attached hydrogens (tertiary/aromatic N) is 2. The largest absolute Gasteiger partial charge is 0.497 e.